The molecule has 4 atom stereocenters. The molecule has 2 bridgehead atoms. The van der Waals surface area contributed by atoms with E-state index in [1.165, 1.54) is 0 Å². The van der Waals surface area contributed by atoms with Gasteiger partial charge in [-0.25, -0.2) is 0 Å². The van der Waals surface area contributed by atoms with Crippen LogP contribution in [0.2, 0.25) is 0 Å². The van der Waals surface area contributed by atoms with Gasteiger partial charge in [-0.05, 0) is 38.1 Å². The number of hydrogen-bond donors (Lipinski definition) is 2. The van der Waals surface area contributed by atoms with E-state index in [1.54, 1.807) is 36.6 Å². The third-order valence-electron chi connectivity index (χ3n) is 5.34. The summed E-state index contributed by atoms with van der Waals surface area (Å²) in [5.74, 6) is -0.0302. The predicted octanol–water partition coefficient (Wildman–Crippen LogP) is 2.90. The molecule has 0 saturated carbocycles. The first-order valence-corrected chi connectivity index (χ1v) is 10.4. The third-order valence-corrected chi connectivity index (χ3v) is 5.34. The predicted molar refractivity (Wildman–Crippen MR) is 113 cm³/mol. The van der Waals surface area contributed by atoms with Crippen molar-refractivity contribution in [2.75, 3.05) is 18.5 Å². The molecule has 0 radical (unpaired) electrons. The van der Waals surface area contributed by atoms with E-state index < -0.39 is 24.0 Å². The fourth-order valence-electron chi connectivity index (χ4n) is 4.00. The Morgan fingerprint density at radius 2 is 1.74 bits per heavy atom. The van der Waals surface area contributed by atoms with E-state index in [0.717, 1.165) is 0 Å². The number of hydrogen-bond acceptors (Lipinski definition) is 6. The molecule has 2 aromatic rings. The van der Waals surface area contributed by atoms with Gasteiger partial charge >= 0.3 is 0 Å². The first-order valence-electron chi connectivity index (χ1n) is 10.4. The average molecular weight is 426 g/mol. The topological polar surface area (TPSA) is 99.0 Å². The molecular weight excluding hydrogens is 400 g/mol. The van der Waals surface area contributed by atoms with Gasteiger partial charge in [-0.3, -0.25) is 9.59 Å². The van der Waals surface area contributed by atoms with Crippen LogP contribution in [-0.2, 0) is 20.9 Å². The molecule has 8 heteroatoms. The van der Waals surface area contributed by atoms with Crippen LogP contribution in [0.15, 0.2) is 53.2 Å². The molecule has 31 heavy (non-hydrogen) atoms. The van der Waals surface area contributed by atoms with Crippen molar-refractivity contribution in [1.82, 2.24) is 5.32 Å². The number of furan rings is 1. The summed E-state index contributed by atoms with van der Waals surface area (Å²) >= 11 is 0. The van der Waals surface area contributed by atoms with E-state index in [-0.39, 0.29) is 18.4 Å². The normalized spacial score (nSPS) is 23.5. The second-order valence-electron chi connectivity index (χ2n) is 7.31. The summed E-state index contributed by atoms with van der Waals surface area (Å²) in [6.45, 7) is 4.97. The van der Waals surface area contributed by atoms with Crippen molar-refractivity contribution in [2.45, 2.75) is 32.6 Å². The van der Waals surface area contributed by atoms with Crippen molar-refractivity contribution < 1.29 is 28.2 Å². The summed E-state index contributed by atoms with van der Waals surface area (Å²) < 4.78 is 22.3. The lowest BCUT2D eigenvalue weighted by atomic mass is 9.81. The van der Waals surface area contributed by atoms with E-state index in [0.29, 0.717) is 36.2 Å². The van der Waals surface area contributed by atoms with Gasteiger partial charge in [0.15, 0.2) is 0 Å². The summed E-state index contributed by atoms with van der Waals surface area (Å²) in [5.41, 5.74) is 0.499. The summed E-state index contributed by atoms with van der Waals surface area (Å²) in [4.78, 5) is 26.2. The molecule has 2 aliphatic heterocycles. The summed E-state index contributed by atoms with van der Waals surface area (Å²) in [6, 6.07) is 8.81. The van der Waals surface area contributed by atoms with Crippen molar-refractivity contribution in [1.29, 1.82) is 0 Å². The quantitative estimate of drug-likeness (QED) is 0.598. The Morgan fingerprint density at radius 1 is 1.00 bits per heavy atom. The zero-order chi connectivity index (χ0) is 21.8. The maximum Gasteiger partial charge on any atom is 0.231 e. The van der Waals surface area contributed by atoms with Gasteiger partial charge in [0.25, 0.3) is 0 Å². The smallest absolute Gasteiger partial charge is 0.231 e. The summed E-state index contributed by atoms with van der Waals surface area (Å²) in [7, 11) is 0. The molecule has 0 spiro atoms. The lowest BCUT2D eigenvalue weighted by Crippen LogP contribution is -2.44. The van der Waals surface area contributed by atoms with Crippen LogP contribution >= 0.6 is 0 Å². The van der Waals surface area contributed by atoms with E-state index in [9.17, 15) is 9.59 Å². The van der Waals surface area contributed by atoms with Crippen LogP contribution in [0, 0.1) is 11.8 Å². The molecule has 3 heterocycles. The van der Waals surface area contributed by atoms with Gasteiger partial charge in [0.1, 0.15) is 17.3 Å². The first-order chi connectivity index (χ1) is 15.1. The zero-order valence-electron chi connectivity index (χ0n) is 17.5. The first kappa shape index (κ1) is 21.0. The van der Waals surface area contributed by atoms with Crippen molar-refractivity contribution >= 4 is 17.5 Å². The summed E-state index contributed by atoms with van der Waals surface area (Å²) in [6.07, 6.45) is 4.35. The molecule has 1 aromatic carbocycles. The Bertz CT molecular complexity index is 955. The molecule has 2 N–H and O–H groups in total. The van der Waals surface area contributed by atoms with Gasteiger partial charge in [-0.15, -0.1) is 0 Å². The SMILES string of the molecule is CCOc1ccc(OCC)c(NC(=O)[C@H]2[C@@H](C(=O)NCc3ccco3)[C@@H]3C=C[C@H]2O3)c1. The minimum atomic E-state index is -0.656. The Hall–Kier alpha value is -3.26. The second kappa shape index (κ2) is 9.26. The minimum Gasteiger partial charge on any atom is -0.494 e. The van der Waals surface area contributed by atoms with Crippen LogP contribution in [0.5, 0.6) is 11.5 Å². The van der Waals surface area contributed by atoms with Crippen LogP contribution in [0.1, 0.15) is 19.6 Å². The van der Waals surface area contributed by atoms with Crippen molar-refractivity contribution in [3.8, 4) is 11.5 Å². The van der Waals surface area contributed by atoms with Gasteiger partial charge in [-0.2, -0.15) is 0 Å². The lowest BCUT2D eigenvalue weighted by Gasteiger charge is -2.24. The monoisotopic (exact) mass is 426 g/mol. The van der Waals surface area contributed by atoms with E-state index in [1.807, 2.05) is 26.0 Å². The van der Waals surface area contributed by atoms with Crippen LogP contribution in [0.25, 0.3) is 0 Å². The number of anilines is 1. The fraction of sp³-hybridized carbons (Fsp3) is 0.391. The molecule has 2 amide bonds. The highest BCUT2D eigenvalue weighted by molar-refractivity contribution is 5.98. The van der Waals surface area contributed by atoms with Gasteiger partial charge in [0.05, 0.1) is 55.8 Å². The standard InChI is InChI=1S/C23H26N2O6/c1-3-28-14-7-8-17(29-4-2)16(12-14)25-23(27)21-19-10-9-18(31-19)20(21)22(26)24-13-15-6-5-11-30-15/h5-12,18-21H,3-4,13H2,1-2H3,(H,24,26)(H,25,27)/t18-,19+,20-,21+/m0/s1. The van der Waals surface area contributed by atoms with Gasteiger partial charge in [-0.1, -0.05) is 12.2 Å². The highest BCUT2D eigenvalue weighted by Crippen LogP contribution is 2.40. The molecule has 8 nitrogen and oxygen atoms in total. The maximum atomic E-state index is 13.3. The van der Waals surface area contributed by atoms with Crippen molar-refractivity contribution in [3.63, 3.8) is 0 Å². The Labute approximate surface area is 180 Å². The third kappa shape index (κ3) is 4.44. The lowest BCUT2D eigenvalue weighted by molar-refractivity contribution is -0.131. The molecule has 1 fully saturated rings. The molecule has 2 aliphatic rings. The number of ether oxygens (including phenoxy) is 3. The number of rotatable bonds is 9. The number of carbonyl (C=O) groups excluding carboxylic acids is 2. The Balaban J connectivity index is 1.50. The van der Waals surface area contributed by atoms with E-state index in [4.69, 9.17) is 18.6 Å². The van der Waals surface area contributed by atoms with Gasteiger partial charge in [0.2, 0.25) is 11.8 Å². The molecule has 164 valence electrons. The molecule has 1 saturated heterocycles. The second-order valence-corrected chi connectivity index (χ2v) is 7.31. The molecule has 0 aliphatic carbocycles. The summed E-state index contributed by atoms with van der Waals surface area (Å²) in [5, 5.41) is 5.77. The molecule has 4 rings (SSSR count). The Morgan fingerprint density at radius 3 is 2.42 bits per heavy atom. The highest BCUT2D eigenvalue weighted by Gasteiger charge is 2.53. The largest absolute Gasteiger partial charge is 0.494 e. The Kier molecular flexibility index (Phi) is 6.27. The zero-order valence-corrected chi connectivity index (χ0v) is 17.5. The number of fused-ring (bicyclic) bond motifs is 2. The van der Waals surface area contributed by atoms with Crippen molar-refractivity contribution in [2.24, 2.45) is 11.8 Å². The van der Waals surface area contributed by atoms with Crippen LogP contribution in [-0.4, -0.2) is 37.2 Å². The van der Waals surface area contributed by atoms with Gasteiger partial charge < -0.3 is 29.3 Å². The number of nitrogens with one attached hydrogen (secondary N) is 2. The minimum absolute atomic E-state index is 0.249. The van der Waals surface area contributed by atoms with Crippen LogP contribution in [0.4, 0.5) is 5.69 Å². The number of amides is 2. The van der Waals surface area contributed by atoms with E-state index in [2.05, 4.69) is 10.6 Å². The van der Waals surface area contributed by atoms with Crippen molar-refractivity contribution in [3.05, 3.63) is 54.5 Å². The molecule has 0 unspecified atom stereocenters. The fourth-order valence-corrected chi connectivity index (χ4v) is 4.00. The van der Waals surface area contributed by atoms with Gasteiger partial charge in [0, 0.05) is 6.07 Å². The average Bonchev–Trinajstić information content (AvgIpc) is 3.51. The molecule has 1 aromatic heterocycles. The van der Waals surface area contributed by atoms with Crippen LogP contribution in [0.3, 0.4) is 0 Å². The van der Waals surface area contributed by atoms with E-state index >= 15 is 0 Å². The van der Waals surface area contributed by atoms with Crippen LogP contribution < -0.4 is 20.1 Å². The molecular formula is C23H26N2O6. The highest BCUT2D eigenvalue weighted by atomic mass is 16.5. The maximum absolute atomic E-state index is 13.3. The number of carbonyl (C=O) groups is 2. The number of benzene rings is 1.